The lowest BCUT2D eigenvalue weighted by atomic mass is 10.1. The number of nitro groups is 2. The summed E-state index contributed by atoms with van der Waals surface area (Å²) in [6.45, 7) is 5.68. The van der Waals surface area contributed by atoms with Crippen molar-refractivity contribution in [1.82, 2.24) is 0 Å². The van der Waals surface area contributed by atoms with Gasteiger partial charge in [-0.15, -0.1) is 0 Å². The van der Waals surface area contributed by atoms with Crippen molar-refractivity contribution >= 4 is 31.8 Å². The van der Waals surface area contributed by atoms with E-state index in [4.69, 9.17) is 3.63 Å². The van der Waals surface area contributed by atoms with Gasteiger partial charge in [-0.25, -0.2) is 3.63 Å². The van der Waals surface area contributed by atoms with E-state index in [9.17, 15) is 28.6 Å². The molecule has 0 saturated heterocycles. The topological polar surface area (TPSA) is 130 Å². The second kappa shape index (κ2) is 10.4. The van der Waals surface area contributed by atoms with Crippen LogP contribution in [0, 0.1) is 41.0 Å². The van der Waals surface area contributed by atoms with Crippen molar-refractivity contribution < 1.29 is 21.9 Å². The van der Waals surface area contributed by atoms with Crippen molar-refractivity contribution in [3.63, 3.8) is 0 Å². The Hall–Kier alpha value is -4.06. The van der Waals surface area contributed by atoms with Crippen molar-refractivity contribution in [2.75, 3.05) is 0 Å². The summed E-state index contributed by atoms with van der Waals surface area (Å²) in [5, 5.41) is 23.0. The van der Waals surface area contributed by atoms with Gasteiger partial charge in [-0.05, 0) is 66.5 Å². The van der Waals surface area contributed by atoms with E-state index in [-0.39, 0.29) is 0 Å². The van der Waals surface area contributed by atoms with Gasteiger partial charge in [0.1, 0.15) is 4.90 Å². The molecule has 0 N–H and O–H groups in total. The fourth-order valence-corrected chi connectivity index (χ4v) is 10.1. The standard InChI is InChI=1S/C27H24N2O7S2/c1-19-14-20(2)27(21(3)15-19)37(24-10-6-4-7-11-24,25-12-8-5-9-13-25)36-38(34,35)26-17-22(28(30)31)16-23(18-26)29(32)33/h4-18H,1-3H3. The minimum atomic E-state index is -4.79. The predicted octanol–water partition coefficient (Wildman–Crippen LogP) is 7.03. The highest BCUT2D eigenvalue weighted by Gasteiger charge is 2.41. The van der Waals surface area contributed by atoms with Crippen LogP contribution in [0.4, 0.5) is 11.4 Å². The molecule has 0 spiro atoms. The molecular formula is C27H24N2O7S2. The SMILES string of the molecule is Cc1cc(C)c(S(OS(=O)(=O)c2cc([N+](=O)[O-])cc([N+](=O)[O-])c2)(c2ccccc2)c2ccccc2)c(C)c1. The monoisotopic (exact) mass is 552 g/mol. The number of aryl methyl sites for hydroxylation is 3. The normalized spacial score (nSPS) is 12.2. The summed E-state index contributed by atoms with van der Waals surface area (Å²) in [7, 11) is -7.80. The lowest BCUT2D eigenvalue weighted by Crippen LogP contribution is -2.16. The summed E-state index contributed by atoms with van der Waals surface area (Å²) in [6, 6.07) is 23.9. The first kappa shape index (κ1) is 27.0. The number of rotatable bonds is 8. The third-order valence-corrected chi connectivity index (χ3v) is 11.3. The second-order valence-electron chi connectivity index (χ2n) is 8.63. The highest BCUT2D eigenvalue weighted by Crippen LogP contribution is 2.71. The van der Waals surface area contributed by atoms with Gasteiger partial charge in [0.25, 0.3) is 11.4 Å². The third-order valence-electron chi connectivity index (χ3n) is 5.82. The van der Waals surface area contributed by atoms with Crippen LogP contribution in [0.1, 0.15) is 16.7 Å². The first-order valence-corrected chi connectivity index (χ1v) is 14.3. The van der Waals surface area contributed by atoms with Gasteiger partial charge in [-0.1, -0.05) is 54.1 Å². The maximum Gasteiger partial charge on any atom is 0.307 e. The molecule has 0 aliphatic heterocycles. The number of nitro benzene ring substituents is 2. The molecule has 196 valence electrons. The highest BCUT2D eigenvalue weighted by atomic mass is 32.3. The fourth-order valence-electron chi connectivity index (χ4n) is 4.43. The van der Waals surface area contributed by atoms with Gasteiger partial charge in [0.2, 0.25) is 0 Å². The summed E-state index contributed by atoms with van der Waals surface area (Å²) in [5.41, 5.74) is 1.11. The molecule has 0 aliphatic rings. The highest BCUT2D eigenvalue weighted by molar-refractivity contribution is 8.33. The van der Waals surface area contributed by atoms with Gasteiger partial charge in [-0.2, -0.15) is 8.42 Å². The van der Waals surface area contributed by atoms with Crippen LogP contribution in [0.3, 0.4) is 0 Å². The third kappa shape index (κ3) is 5.03. The lowest BCUT2D eigenvalue weighted by Gasteiger charge is -2.41. The molecule has 0 fully saturated rings. The van der Waals surface area contributed by atoms with Gasteiger partial charge < -0.3 is 0 Å². The van der Waals surface area contributed by atoms with Crippen LogP contribution in [0.15, 0.2) is 111 Å². The van der Waals surface area contributed by atoms with Crippen molar-refractivity contribution in [3.05, 3.63) is 128 Å². The smallest absolute Gasteiger partial charge is 0.258 e. The molecule has 0 bridgehead atoms. The van der Waals surface area contributed by atoms with Crippen LogP contribution in [0.5, 0.6) is 0 Å². The van der Waals surface area contributed by atoms with E-state index in [1.165, 1.54) is 0 Å². The van der Waals surface area contributed by atoms with E-state index in [1.54, 1.807) is 60.7 Å². The minimum absolute atomic E-state index is 0.574. The van der Waals surface area contributed by atoms with Gasteiger partial charge in [-0.3, -0.25) is 20.2 Å². The average molecular weight is 553 g/mol. The van der Waals surface area contributed by atoms with Crippen molar-refractivity contribution in [2.24, 2.45) is 0 Å². The molecule has 4 aromatic rings. The Morgan fingerprint density at radius 2 is 1.05 bits per heavy atom. The lowest BCUT2D eigenvalue weighted by molar-refractivity contribution is -0.394. The predicted molar refractivity (Wildman–Crippen MR) is 144 cm³/mol. The first-order chi connectivity index (χ1) is 18.0. The van der Waals surface area contributed by atoms with Gasteiger partial charge in [0, 0.05) is 26.8 Å². The zero-order valence-corrected chi connectivity index (χ0v) is 22.4. The number of nitrogens with zero attached hydrogens (tertiary/aromatic N) is 2. The molecule has 0 radical (unpaired) electrons. The molecular weight excluding hydrogens is 528 g/mol. The van der Waals surface area contributed by atoms with Crippen LogP contribution in [0.2, 0.25) is 0 Å². The van der Waals surface area contributed by atoms with E-state index >= 15 is 0 Å². The Labute approximate surface area is 221 Å². The van der Waals surface area contributed by atoms with E-state index in [2.05, 4.69) is 0 Å². The molecule has 4 rings (SSSR count). The minimum Gasteiger partial charge on any atom is -0.258 e. The Morgan fingerprint density at radius 3 is 1.45 bits per heavy atom. The summed E-state index contributed by atoms with van der Waals surface area (Å²) >= 11 is 0. The molecule has 9 nitrogen and oxygen atoms in total. The first-order valence-electron chi connectivity index (χ1n) is 11.4. The maximum atomic E-state index is 14.0. The number of benzene rings is 4. The van der Waals surface area contributed by atoms with E-state index in [1.807, 2.05) is 32.9 Å². The van der Waals surface area contributed by atoms with Crippen LogP contribution >= 0.6 is 10.3 Å². The molecule has 0 aliphatic carbocycles. The summed E-state index contributed by atoms with van der Waals surface area (Å²) in [6.07, 6.45) is 0. The Balaban J connectivity index is 2.09. The largest absolute Gasteiger partial charge is 0.307 e. The molecule has 0 aromatic heterocycles. The summed E-state index contributed by atoms with van der Waals surface area (Å²) in [5.74, 6) is 0. The van der Waals surface area contributed by atoms with Crippen molar-refractivity contribution in [3.8, 4) is 0 Å². The summed E-state index contributed by atoms with van der Waals surface area (Å²) < 4.78 is 34.2. The van der Waals surface area contributed by atoms with E-state index in [0.29, 0.717) is 20.8 Å². The zero-order valence-electron chi connectivity index (χ0n) is 20.7. The molecule has 0 atom stereocenters. The molecule has 0 saturated carbocycles. The number of non-ortho nitro benzene ring substituents is 2. The Kier molecular flexibility index (Phi) is 7.36. The van der Waals surface area contributed by atoms with Gasteiger partial charge in [0.15, 0.2) is 0 Å². The van der Waals surface area contributed by atoms with Crippen LogP contribution in [-0.2, 0) is 13.7 Å². The number of hydrogen-bond acceptors (Lipinski definition) is 7. The van der Waals surface area contributed by atoms with Crippen molar-refractivity contribution in [1.29, 1.82) is 0 Å². The van der Waals surface area contributed by atoms with E-state index < -0.39 is 46.5 Å². The van der Waals surface area contributed by atoms with Crippen molar-refractivity contribution in [2.45, 2.75) is 40.4 Å². The molecule has 0 heterocycles. The molecule has 11 heteroatoms. The molecule has 0 unspecified atom stereocenters. The fraction of sp³-hybridized carbons (Fsp3) is 0.111. The van der Waals surface area contributed by atoms with Crippen LogP contribution in [-0.4, -0.2) is 18.3 Å². The number of hydrogen-bond donors (Lipinski definition) is 0. The van der Waals surface area contributed by atoms with Crippen LogP contribution < -0.4 is 0 Å². The second-order valence-corrected chi connectivity index (χ2v) is 13.0. The average Bonchev–Trinajstić information content (AvgIpc) is 2.88. The van der Waals surface area contributed by atoms with Crippen LogP contribution in [0.25, 0.3) is 0 Å². The maximum absolute atomic E-state index is 14.0. The van der Waals surface area contributed by atoms with Gasteiger partial charge in [0.05, 0.1) is 15.9 Å². The zero-order chi connectivity index (χ0) is 27.7. The summed E-state index contributed by atoms with van der Waals surface area (Å²) in [4.78, 5) is 22.3. The Morgan fingerprint density at radius 1 is 0.632 bits per heavy atom. The molecule has 4 aromatic carbocycles. The Bertz CT molecular complexity index is 1550. The molecule has 0 amide bonds. The van der Waals surface area contributed by atoms with E-state index in [0.717, 1.165) is 28.8 Å². The molecule has 38 heavy (non-hydrogen) atoms. The quantitative estimate of drug-likeness (QED) is 0.169. The van der Waals surface area contributed by atoms with Gasteiger partial charge >= 0.3 is 10.1 Å².